The number of nitrogens with zero attached hydrogens (tertiary/aromatic N) is 8. The first kappa shape index (κ1) is 21.3. The zero-order valence-electron chi connectivity index (χ0n) is 17.7. The van der Waals surface area contributed by atoms with Gasteiger partial charge in [-0.1, -0.05) is 6.07 Å². The minimum Gasteiger partial charge on any atom is -0.475 e. The van der Waals surface area contributed by atoms with Crippen LogP contribution in [-0.4, -0.2) is 73.5 Å². The number of pyridine rings is 1. The van der Waals surface area contributed by atoms with Crippen LogP contribution < -0.4 is 10.1 Å². The van der Waals surface area contributed by atoms with E-state index in [0.717, 1.165) is 24.4 Å². The highest BCUT2D eigenvalue weighted by Crippen LogP contribution is 2.25. The molecule has 0 radical (unpaired) electrons. The van der Waals surface area contributed by atoms with Crippen molar-refractivity contribution in [3.05, 3.63) is 41.9 Å². The van der Waals surface area contributed by atoms with Crippen molar-refractivity contribution in [2.45, 2.75) is 38.5 Å². The van der Waals surface area contributed by atoms with Gasteiger partial charge in [0.2, 0.25) is 5.88 Å². The molecule has 3 aromatic heterocycles. The molecule has 3 aromatic rings. The Labute approximate surface area is 179 Å². The van der Waals surface area contributed by atoms with Gasteiger partial charge in [-0.25, -0.2) is 9.67 Å². The van der Waals surface area contributed by atoms with Gasteiger partial charge in [-0.05, 0) is 29.3 Å². The van der Waals surface area contributed by atoms with E-state index in [-0.39, 0.29) is 12.1 Å². The van der Waals surface area contributed by atoms with Gasteiger partial charge in [-0.2, -0.15) is 0 Å². The molecule has 1 N–H and O–H groups in total. The maximum Gasteiger partial charge on any atom is 0.213 e. The lowest BCUT2D eigenvalue weighted by atomic mass is 10.2. The zero-order valence-corrected chi connectivity index (χ0v) is 17.7. The standard InChI is InChI=1S/C19H27N9O3/c1-3-27-13-22-23-18(27)17(19-24-25-26-28(19)15-6-7-30-12-15)21-11-14-4-5-16(20-10-14)31-9-8-29-2/h4-5,10,13,15,17,21H,3,6-9,11-12H2,1-2H3. The Balaban J connectivity index is 1.52. The topological polar surface area (TPSA) is 127 Å². The van der Waals surface area contributed by atoms with E-state index in [0.29, 0.717) is 44.7 Å². The van der Waals surface area contributed by atoms with E-state index < -0.39 is 0 Å². The summed E-state index contributed by atoms with van der Waals surface area (Å²) in [4.78, 5) is 4.36. The predicted octanol–water partition coefficient (Wildman–Crippen LogP) is 0.545. The Kier molecular flexibility index (Phi) is 7.12. The summed E-state index contributed by atoms with van der Waals surface area (Å²) < 4.78 is 19.9. The molecule has 0 saturated carbocycles. The Hall–Kier alpha value is -2.96. The van der Waals surface area contributed by atoms with Crippen LogP contribution in [0.2, 0.25) is 0 Å². The summed E-state index contributed by atoms with van der Waals surface area (Å²) in [6.07, 6.45) is 4.37. The molecule has 2 atom stereocenters. The lowest BCUT2D eigenvalue weighted by Crippen LogP contribution is -2.29. The molecule has 0 aromatic carbocycles. The molecule has 0 amide bonds. The highest BCUT2D eigenvalue weighted by atomic mass is 16.5. The molecule has 4 heterocycles. The van der Waals surface area contributed by atoms with Crippen LogP contribution in [0.5, 0.6) is 5.88 Å². The quantitative estimate of drug-likeness (QED) is 0.432. The number of ether oxygens (including phenoxy) is 3. The second-order valence-electron chi connectivity index (χ2n) is 7.13. The maximum atomic E-state index is 5.53. The van der Waals surface area contributed by atoms with E-state index in [1.807, 2.05) is 28.3 Å². The van der Waals surface area contributed by atoms with E-state index in [9.17, 15) is 0 Å². The van der Waals surface area contributed by atoms with Crippen molar-refractivity contribution in [2.75, 3.05) is 33.5 Å². The van der Waals surface area contributed by atoms with Gasteiger partial charge in [0, 0.05) is 39.1 Å². The third kappa shape index (κ3) is 5.03. The summed E-state index contributed by atoms with van der Waals surface area (Å²) in [5.74, 6) is 2.00. The van der Waals surface area contributed by atoms with Crippen molar-refractivity contribution in [2.24, 2.45) is 0 Å². The van der Waals surface area contributed by atoms with Gasteiger partial charge in [0.1, 0.15) is 19.0 Å². The van der Waals surface area contributed by atoms with E-state index in [4.69, 9.17) is 14.2 Å². The molecule has 0 aliphatic carbocycles. The molecule has 166 valence electrons. The number of nitrogens with one attached hydrogen (secondary N) is 1. The summed E-state index contributed by atoms with van der Waals surface area (Å²) in [5.41, 5.74) is 0.995. The third-order valence-electron chi connectivity index (χ3n) is 5.12. The molecule has 0 spiro atoms. The molecule has 1 aliphatic rings. The average molecular weight is 429 g/mol. The molecular weight excluding hydrogens is 402 g/mol. The summed E-state index contributed by atoms with van der Waals surface area (Å²) in [7, 11) is 1.64. The van der Waals surface area contributed by atoms with Crippen LogP contribution in [0.15, 0.2) is 24.7 Å². The second-order valence-corrected chi connectivity index (χ2v) is 7.13. The lowest BCUT2D eigenvalue weighted by molar-refractivity contribution is 0.143. The monoisotopic (exact) mass is 429 g/mol. The molecule has 1 fully saturated rings. The molecule has 1 saturated heterocycles. The molecule has 31 heavy (non-hydrogen) atoms. The number of hydrogen-bond acceptors (Lipinski definition) is 10. The van der Waals surface area contributed by atoms with Crippen LogP contribution in [0.25, 0.3) is 0 Å². The summed E-state index contributed by atoms with van der Waals surface area (Å²) in [6, 6.07) is 3.58. The van der Waals surface area contributed by atoms with Crippen molar-refractivity contribution < 1.29 is 14.2 Å². The van der Waals surface area contributed by atoms with Gasteiger partial charge in [0.05, 0.1) is 19.3 Å². The third-order valence-corrected chi connectivity index (χ3v) is 5.12. The minimum absolute atomic E-state index is 0.109. The van der Waals surface area contributed by atoms with Gasteiger partial charge >= 0.3 is 0 Å². The predicted molar refractivity (Wildman–Crippen MR) is 108 cm³/mol. The van der Waals surface area contributed by atoms with Crippen LogP contribution in [0.4, 0.5) is 0 Å². The molecular formula is C19H27N9O3. The number of aryl methyl sites for hydroxylation is 1. The zero-order chi connectivity index (χ0) is 21.5. The Bertz CT molecular complexity index is 937. The van der Waals surface area contributed by atoms with Crippen LogP contribution in [-0.2, 0) is 22.6 Å². The van der Waals surface area contributed by atoms with Gasteiger partial charge in [0.25, 0.3) is 0 Å². The number of hydrogen-bond donors (Lipinski definition) is 1. The number of methoxy groups -OCH3 is 1. The van der Waals surface area contributed by atoms with Crippen molar-refractivity contribution in [3.63, 3.8) is 0 Å². The minimum atomic E-state index is -0.337. The van der Waals surface area contributed by atoms with E-state index in [2.05, 4.69) is 36.0 Å². The number of rotatable bonds is 11. The van der Waals surface area contributed by atoms with Gasteiger partial charge in [-0.3, -0.25) is 5.32 Å². The summed E-state index contributed by atoms with van der Waals surface area (Å²) in [6.45, 7) is 5.61. The summed E-state index contributed by atoms with van der Waals surface area (Å²) in [5, 5.41) is 24.4. The lowest BCUT2D eigenvalue weighted by Gasteiger charge is -2.20. The first-order chi connectivity index (χ1) is 15.3. The first-order valence-corrected chi connectivity index (χ1v) is 10.3. The van der Waals surface area contributed by atoms with Crippen LogP contribution in [0, 0.1) is 0 Å². The van der Waals surface area contributed by atoms with E-state index in [1.165, 1.54) is 0 Å². The van der Waals surface area contributed by atoms with E-state index >= 15 is 0 Å². The molecule has 12 nitrogen and oxygen atoms in total. The molecule has 2 unspecified atom stereocenters. The molecule has 1 aliphatic heterocycles. The van der Waals surface area contributed by atoms with Crippen molar-refractivity contribution >= 4 is 0 Å². The van der Waals surface area contributed by atoms with Crippen molar-refractivity contribution in [1.29, 1.82) is 0 Å². The number of tetrazole rings is 1. The molecule has 4 rings (SSSR count). The smallest absolute Gasteiger partial charge is 0.213 e. The van der Waals surface area contributed by atoms with Crippen molar-refractivity contribution in [3.8, 4) is 5.88 Å². The van der Waals surface area contributed by atoms with Gasteiger partial charge < -0.3 is 18.8 Å². The fourth-order valence-electron chi connectivity index (χ4n) is 3.45. The van der Waals surface area contributed by atoms with Crippen molar-refractivity contribution in [1.82, 2.24) is 45.3 Å². The Morgan fingerprint density at radius 3 is 2.94 bits per heavy atom. The van der Waals surface area contributed by atoms with Crippen LogP contribution >= 0.6 is 0 Å². The SMILES string of the molecule is CCn1cnnc1C(NCc1ccc(OCCOC)nc1)c1nnnn1C1CCOC1. The first-order valence-electron chi connectivity index (χ1n) is 10.3. The highest BCUT2D eigenvalue weighted by molar-refractivity contribution is 5.19. The van der Waals surface area contributed by atoms with Gasteiger partial charge in [0.15, 0.2) is 11.6 Å². The molecule has 12 heteroatoms. The highest BCUT2D eigenvalue weighted by Gasteiger charge is 2.30. The molecule has 0 bridgehead atoms. The second kappa shape index (κ2) is 10.4. The van der Waals surface area contributed by atoms with E-state index in [1.54, 1.807) is 19.6 Å². The van der Waals surface area contributed by atoms with Gasteiger partial charge in [-0.15, -0.1) is 15.3 Å². The Morgan fingerprint density at radius 2 is 2.19 bits per heavy atom. The van der Waals surface area contributed by atoms with Crippen LogP contribution in [0.3, 0.4) is 0 Å². The van der Waals surface area contributed by atoms with Crippen LogP contribution in [0.1, 0.15) is 42.6 Å². The maximum absolute atomic E-state index is 5.53. The Morgan fingerprint density at radius 1 is 1.26 bits per heavy atom. The normalized spacial score (nSPS) is 17.2. The fraction of sp³-hybridized carbons (Fsp3) is 0.579. The summed E-state index contributed by atoms with van der Waals surface area (Å²) >= 11 is 0. The largest absolute Gasteiger partial charge is 0.475 e. The number of aromatic nitrogens is 8. The fourth-order valence-corrected chi connectivity index (χ4v) is 3.45. The average Bonchev–Trinajstić information content (AvgIpc) is 3.56.